The Bertz CT molecular complexity index is 1230. The molecule has 0 saturated carbocycles. The quantitative estimate of drug-likeness (QED) is 0.505. The van der Waals surface area contributed by atoms with Gasteiger partial charge in [0.1, 0.15) is 29.0 Å². The van der Waals surface area contributed by atoms with Crippen LogP contribution in [0.25, 0.3) is 0 Å². The topological polar surface area (TPSA) is 136 Å². The average molecular weight is 460 g/mol. The van der Waals surface area contributed by atoms with Crippen LogP contribution in [-0.2, 0) is 34.0 Å². The third kappa shape index (κ3) is 4.95. The number of nitrogens with one attached hydrogen (secondary N) is 1. The molecule has 162 valence electrons. The Morgan fingerprint density at radius 2 is 2.00 bits per heavy atom. The van der Waals surface area contributed by atoms with Crippen molar-refractivity contribution in [2.24, 2.45) is 7.05 Å². The highest BCUT2D eigenvalue weighted by Gasteiger charge is 2.24. The van der Waals surface area contributed by atoms with Crippen molar-refractivity contribution < 1.29 is 13.2 Å². The first kappa shape index (κ1) is 22.5. The molecule has 3 aromatic rings. The first-order valence-corrected chi connectivity index (χ1v) is 11.9. The van der Waals surface area contributed by atoms with Crippen molar-refractivity contribution in [2.75, 3.05) is 5.32 Å². The van der Waals surface area contributed by atoms with E-state index >= 15 is 0 Å². The molecule has 10 nitrogen and oxygen atoms in total. The summed E-state index contributed by atoms with van der Waals surface area (Å²) in [5.74, 6) is -0.0138. The van der Waals surface area contributed by atoms with Gasteiger partial charge in [-0.25, -0.2) is 8.42 Å². The third-order valence-corrected chi connectivity index (χ3v) is 7.19. The Labute approximate surface area is 184 Å². The molecule has 1 aromatic carbocycles. The number of carbonyl (C=O) groups is 1. The van der Waals surface area contributed by atoms with Crippen molar-refractivity contribution >= 4 is 33.3 Å². The van der Waals surface area contributed by atoms with Crippen molar-refractivity contribution in [1.29, 1.82) is 5.26 Å². The average Bonchev–Trinajstić information content (AvgIpc) is 3.30. The fourth-order valence-electron chi connectivity index (χ4n) is 2.81. The second-order valence-corrected chi connectivity index (χ2v) is 9.90. The molecule has 1 atom stereocenters. The summed E-state index contributed by atoms with van der Waals surface area (Å²) in [7, 11) is -1.95. The highest BCUT2D eigenvalue weighted by Crippen LogP contribution is 2.25. The lowest BCUT2D eigenvalue weighted by Crippen LogP contribution is -2.24. The Kier molecular flexibility index (Phi) is 6.77. The highest BCUT2D eigenvalue weighted by atomic mass is 32.2. The molecule has 31 heavy (non-hydrogen) atoms. The molecule has 0 radical (unpaired) electrons. The normalized spacial score (nSPS) is 12.3. The van der Waals surface area contributed by atoms with E-state index < -0.39 is 15.1 Å². The van der Waals surface area contributed by atoms with Crippen molar-refractivity contribution in [2.45, 2.75) is 41.4 Å². The van der Waals surface area contributed by atoms with Crippen LogP contribution in [0.2, 0.25) is 0 Å². The highest BCUT2D eigenvalue weighted by molar-refractivity contribution is 8.00. The van der Waals surface area contributed by atoms with Crippen LogP contribution in [-0.4, -0.2) is 44.1 Å². The van der Waals surface area contributed by atoms with Crippen molar-refractivity contribution in [1.82, 2.24) is 24.5 Å². The number of hydrogen-bond donors (Lipinski definition) is 1. The summed E-state index contributed by atoms with van der Waals surface area (Å²) in [6, 6.07) is 10.1. The molecule has 3 rings (SSSR count). The number of thioether (sulfide) groups is 1. The molecule has 12 heteroatoms. The fourth-order valence-corrected chi connectivity index (χ4v) is 5.03. The Hall–Kier alpha value is -3.17. The number of benzene rings is 1. The van der Waals surface area contributed by atoms with Gasteiger partial charge in [0.25, 0.3) is 0 Å². The van der Waals surface area contributed by atoms with Gasteiger partial charge >= 0.3 is 0 Å². The zero-order chi connectivity index (χ0) is 22.6. The Balaban J connectivity index is 1.75. The van der Waals surface area contributed by atoms with Gasteiger partial charge in [-0.1, -0.05) is 30.0 Å². The van der Waals surface area contributed by atoms with Crippen molar-refractivity contribution in [3.63, 3.8) is 0 Å². The molecular weight excluding hydrogens is 438 g/mol. The molecule has 2 heterocycles. The van der Waals surface area contributed by atoms with Gasteiger partial charge in [0.05, 0.1) is 16.3 Å². The van der Waals surface area contributed by atoms with Gasteiger partial charge in [0.2, 0.25) is 5.91 Å². The van der Waals surface area contributed by atoms with Crippen LogP contribution in [0.4, 0.5) is 5.82 Å². The second-order valence-electron chi connectivity index (χ2n) is 6.61. The number of hydrogen-bond acceptors (Lipinski definition) is 8. The van der Waals surface area contributed by atoms with Crippen LogP contribution in [0, 0.1) is 11.3 Å². The van der Waals surface area contributed by atoms with Gasteiger partial charge < -0.3 is 9.88 Å². The van der Waals surface area contributed by atoms with E-state index in [1.54, 1.807) is 36.7 Å². The van der Waals surface area contributed by atoms with E-state index in [9.17, 15) is 13.2 Å². The summed E-state index contributed by atoms with van der Waals surface area (Å²) >= 11 is 1.16. The summed E-state index contributed by atoms with van der Waals surface area (Å²) in [6.07, 6.45) is 1.38. The Morgan fingerprint density at radius 3 is 2.65 bits per heavy atom. The number of aromatic nitrogens is 5. The molecule has 2 aromatic heterocycles. The van der Waals surface area contributed by atoms with Crippen LogP contribution in [0.1, 0.15) is 25.2 Å². The maximum absolute atomic E-state index is 12.7. The number of nitrogens with zero attached hydrogens (tertiary/aromatic N) is 6. The minimum absolute atomic E-state index is 0.215. The molecule has 0 aliphatic rings. The second kappa shape index (κ2) is 9.32. The molecule has 0 saturated heterocycles. The van der Waals surface area contributed by atoms with Crippen LogP contribution in [0.15, 0.2) is 46.6 Å². The van der Waals surface area contributed by atoms with E-state index in [1.807, 2.05) is 13.0 Å². The maximum Gasteiger partial charge on any atom is 0.238 e. The number of sulfone groups is 1. The molecule has 0 aliphatic carbocycles. The molecule has 0 spiro atoms. The molecule has 1 amide bonds. The van der Waals surface area contributed by atoms with Gasteiger partial charge in [0, 0.05) is 13.6 Å². The van der Waals surface area contributed by atoms with Crippen LogP contribution in [0.5, 0.6) is 0 Å². The lowest BCUT2D eigenvalue weighted by Gasteiger charge is -2.13. The monoisotopic (exact) mass is 459 g/mol. The Morgan fingerprint density at radius 1 is 1.29 bits per heavy atom. The van der Waals surface area contributed by atoms with Crippen LogP contribution in [0.3, 0.4) is 0 Å². The lowest BCUT2D eigenvalue weighted by atomic mass is 10.3. The minimum atomic E-state index is -3.58. The van der Waals surface area contributed by atoms with Gasteiger partial charge in [-0.3, -0.25) is 9.48 Å². The molecule has 0 aliphatic heterocycles. The number of amides is 1. The predicted octanol–water partition coefficient (Wildman–Crippen LogP) is 2.00. The molecule has 0 fully saturated rings. The SMILES string of the molecule is CCn1c(CS(=O)(=O)c2ccccc2)nnc1SC(C)C(=O)Nc1c(C#N)cnn1C. The van der Waals surface area contributed by atoms with Crippen LogP contribution < -0.4 is 5.32 Å². The lowest BCUT2D eigenvalue weighted by molar-refractivity contribution is -0.115. The summed E-state index contributed by atoms with van der Waals surface area (Å²) in [6.45, 7) is 3.99. The third-order valence-electron chi connectivity index (χ3n) is 4.48. The van der Waals surface area contributed by atoms with Gasteiger partial charge in [0.15, 0.2) is 15.0 Å². The standard InChI is InChI=1S/C19H21N7O3S2/c1-4-26-16(12-31(28,29)15-8-6-5-7-9-15)23-24-19(26)30-13(2)18(27)22-17-14(10-20)11-21-25(17)3/h5-9,11,13H,4,12H2,1-3H3,(H,22,27). The molecule has 1 N–H and O–H groups in total. The van der Waals surface area contributed by atoms with Crippen molar-refractivity contribution in [3.8, 4) is 6.07 Å². The number of anilines is 1. The van der Waals surface area contributed by atoms with Crippen molar-refractivity contribution in [3.05, 3.63) is 47.9 Å². The number of aryl methyl sites for hydroxylation is 1. The molecular formula is C19H21N7O3S2. The number of carbonyl (C=O) groups excluding carboxylic acids is 1. The predicted molar refractivity (Wildman–Crippen MR) is 115 cm³/mol. The van der Waals surface area contributed by atoms with E-state index in [-0.39, 0.29) is 22.1 Å². The van der Waals surface area contributed by atoms with Crippen LogP contribution >= 0.6 is 11.8 Å². The summed E-state index contributed by atoms with van der Waals surface area (Å²) < 4.78 is 28.5. The maximum atomic E-state index is 12.7. The van der Waals surface area contributed by atoms with E-state index in [2.05, 4.69) is 20.6 Å². The largest absolute Gasteiger partial charge is 0.309 e. The summed E-state index contributed by atoms with van der Waals surface area (Å²) in [5.41, 5.74) is 0.262. The zero-order valence-corrected chi connectivity index (χ0v) is 18.8. The minimum Gasteiger partial charge on any atom is -0.309 e. The van der Waals surface area contributed by atoms with Gasteiger partial charge in [-0.2, -0.15) is 10.4 Å². The summed E-state index contributed by atoms with van der Waals surface area (Å²) in [5, 5.41) is 23.8. The van der Waals surface area contributed by atoms with E-state index in [1.165, 1.54) is 23.0 Å². The number of rotatable bonds is 8. The molecule has 1 unspecified atom stereocenters. The zero-order valence-electron chi connectivity index (χ0n) is 17.2. The van der Waals surface area contributed by atoms with E-state index in [0.717, 1.165) is 11.8 Å². The molecule has 0 bridgehead atoms. The first-order chi connectivity index (χ1) is 14.8. The van der Waals surface area contributed by atoms with E-state index in [0.29, 0.717) is 23.3 Å². The summed E-state index contributed by atoms with van der Waals surface area (Å²) in [4.78, 5) is 12.8. The first-order valence-electron chi connectivity index (χ1n) is 9.36. The van der Waals surface area contributed by atoms with Gasteiger partial charge in [-0.05, 0) is 26.0 Å². The number of nitriles is 1. The smallest absolute Gasteiger partial charge is 0.238 e. The fraction of sp³-hybridized carbons (Fsp3) is 0.316. The van der Waals surface area contributed by atoms with E-state index in [4.69, 9.17) is 5.26 Å². The van der Waals surface area contributed by atoms with Gasteiger partial charge in [-0.15, -0.1) is 10.2 Å².